The van der Waals surface area contributed by atoms with E-state index in [9.17, 15) is 4.79 Å². The fourth-order valence-electron chi connectivity index (χ4n) is 3.11. The van der Waals surface area contributed by atoms with E-state index >= 15 is 0 Å². The molecule has 5 heteroatoms. The van der Waals surface area contributed by atoms with Crippen LogP contribution in [0.25, 0.3) is 0 Å². The zero-order chi connectivity index (χ0) is 15.2. The van der Waals surface area contributed by atoms with Gasteiger partial charge >= 0.3 is 0 Å². The molecule has 0 spiro atoms. The number of rotatable bonds is 6. The molecule has 5 nitrogen and oxygen atoms in total. The summed E-state index contributed by atoms with van der Waals surface area (Å²) < 4.78 is 11.5. The predicted molar refractivity (Wildman–Crippen MR) is 82.6 cm³/mol. The van der Waals surface area contributed by atoms with Crippen molar-refractivity contribution in [2.45, 2.75) is 63.7 Å². The lowest BCUT2D eigenvalue weighted by atomic mass is 10.1. The van der Waals surface area contributed by atoms with Gasteiger partial charge in [0.15, 0.2) is 0 Å². The third kappa shape index (κ3) is 4.19. The van der Waals surface area contributed by atoms with Crippen molar-refractivity contribution in [3.8, 4) is 5.88 Å². The molecule has 1 aliphatic heterocycles. The Morgan fingerprint density at radius 3 is 2.95 bits per heavy atom. The first-order valence-electron chi connectivity index (χ1n) is 8.30. The maximum atomic E-state index is 12.0. The van der Waals surface area contributed by atoms with Gasteiger partial charge in [-0.1, -0.05) is 6.07 Å². The molecule has 2 fully saturated rings. The highest BCUT2D eigenvalue weighted by Gasteiger charge is 2.20. The van der Waals surface area contributed by atoms with Gasteiger partial charge in [0.05, 0.1) is 12.5 Å². The van der Waals surface area contributed by atoms with Crippen LogP contribution in [-0.2, 0) is 16.1 Å². The molecule has 1 saturated heterocycles. The quantitative estimate of drug-likeness (QED) is 0.877. The van der Waals surface area contributed by atoms with Crippen LogP contribution in [0.15, 0.2) is 18.3 Å². The number of carbonyl (C=O) groups excluding carboxylic acids is 1. The zero-order valence-corrected chi connectivity index (χ0v) is 12.9. The van der Waals surface area contributed by atoms with Crippen LogP contribution in [0.4, 0.5) is 0 Å². The number of carbonyl (C=O) groups is 1. The Balaban J connectivity index is 1.51. The number of pyridine rings is 1. The van der Waals surface area contributed by atoms with E-state index in [1.807, 2.05) is 12.1 Å². The molecule has 120 valence electrons. The summed E-state index contributed by atoms with van der Waals surface area (Å²) in [5, 5.41) is 2.95. The lowest BCUT2D eigenvalue weighted by molar-refractivity contribution is -0.123. The highest BCUT2D eigenvalue weighted by Crippen LogP contribution is 2.25. The first kappa shape index (κ1) is 15.3. The third-order valence-electron chi connectivity index (χ3n) is 4.34. The highest BCUT2D eigenvalue weighted by atomic mass is 16.5. The van der Waals surface area contributed by atoms with Crippen LogP contribution in [0, 0.1) is 0 Å². The second-order valence-electron chi connectivity index (χ2n) is 6.11. The minimum atomic E-state index is 0.0302. The maximum Gasteiger partial charge on any atom is 0.222 e. The minimum absolute atomic E-state index is 0.0302. The van der Waals surface area contributed by atoms with Crippen molar-refractivity contribution < 1.29 is 14.3 Å². The van der Waals surface area contributed by atoms with Crippen LogP contribution in [0.5, 0.6) is 5.88 Å². The topological polar surface area (TPSA) is 60.5 Å². The van der Waals surface area contributed by atoms with Crippen molar-refractivity contribution in [1.82, 2.24) is 10.3 Å². The molecule has 0 radical (unpaired) electrons. The predicted octanol–water partition coefficient (Wildman–Crippen LogP) is 2.59. The normalized spacial score (nSPS) is 21.9. The summed E-state index contributed by atoms with van der Waals surface area (Å²) in [6.45, 7) is 1.24. The number of hydrogen-bond donors (Lipinski definition) is 1. The Kier molecular flexibility index (Phi) is 5.27. The van der Waals surface area contributed by atoms with E-state index in [-0.39, 0.29) is 18.1 Å². The van der Waals surface area contributed by atoms with E-state index < -0.39 is 0 Å². The fraction of sp³-hybridized carbons (Fsp3) is 0.647. The molecule has 0 aromatic carbocycles. The third-order valence-corrected chi connectivity index (χ3v) is 4.34. The Bertz CT molecular complexity index is 494. The van der Waals surface area contributed by atoms with E-state index in [1.165, 1.54) is 12.8 Å². The molecule has 1 aromatic rings. The fourth-order valence-corrected chi connectivity index (χ4v) is 3.11. The number of nitrogens with one attached hydrogen (secondary N) is 1. The Hall–Kier alpha value is -1.62. The van der Waals surface area contributed by atoms with Crippen LogP contribution in [-0.4, -0.2) is 29.7 Å². The second kappa shape index (κ2) is 7.58. The monoisotopic (exact) mass is 304 g/mol. The van der Waals surface area contributed by atoms with E-state index in [4.69, 9.17) is 9.47 Å². The average Bonchev–Trinajstić information content (AvgIpc) is 3.20. The molecule has 1 aromatic heterocycles. The van der Waals surface area contributed by atoms with Crippen molar-refractivity contribution in [3.05, 3.63) is 23.9 Å². The second-order valence-corrected chi connectivity index (χ2v) is 6.11. The standard InChI is InChI=1S/C17H24N2O3/c20-16(11-15-8-4-10-21-15)19-12-13-5-3-9-18-17(13)22-14-6-1-2-7-14/h3,5,9,14-15H,1-2,4,6-8,10-12H2,(H,19,20). The van der Waals surface area contributed by atoms with Crippen LogP contribution in [0.1, 0.15) is 50.5 Å². The van der Waals surface area contributed by atoms with Gasteiger partial charge in [0.1, 0.15) is 6.10 Å². The van der Waals surface area contributed by atoms with E-state index in [0.29, 0.717) is 18.8 Å². The van der Waals surface area contributed by atoms with Gasteiger partial charge in [0.25, 0.3) is 0 Å². The number of hydrogen-bond acceptors (Lipinski definition) is 4. The number of aromatic nitrogens is 1. The molecule has 1 saturated carbocycles. The molecule has 22 heavy (non-hydrogen) atoms. The van der Waals surface area contributed by atoms with Gasteiger partial charge in [-0.25, -0.2) is 4.98 Å². The summed E-state index contributed by atoms with van der Waals surface area (Å²) in [6, 6.07) is 3.84. The summed E-state index contributed by atoms with van der Waals surface area (Å²) in [6.07, 6.45) is 9.23. The summed E-state index contributed by atoms with van der Waals surface area (Å²) in [5.74, 6) is 0.689. The van der Waals surface area contributed by atoms with Gasteiger partial charge in [0, 0.05) is 24.9 Å². The van der Waals surface area contributed by atoms with Crippen LogP contribution in [0.3, 0.4) is 0 Å². The molecule has 3 rings (SSSR count). The smallest absolute Gasteiger partial charge is 0.222 e. The minimum Gasteiger partial charge on any atom is -0.474 e. The van der Waals surface area contributed by atoms with E-state index in [0.717, 1.165) is 37.9 Å². The van der Waals surface area contributed by atoms with Gasteiger partial charge in [-0.3, -0.25) is 4.79 Å². The maximum absolute atomic E-state index is 12.0. The first-order chi connectivity index (χ1) is 10.8. The Morgan fingerprint density at radius 2 is 2.18 bits per heavy atom. The molecule has 2 aliphatic rings. The number of ether oxygens (including phenoxy) is 2. The van der Waals surface area contributed by atoms with Crippen molar-refractivity contribution in [2.75, 3.05) is 6.61 Å². The summed E-state index contributed by atoms with van der Waals surface area (Å²) in [4.78, 5) is 16.3. The van der Waals surface area contributed by atoms with Crippen molar-refractivity contribution in [2.24, 2.45) is 0 Å². The largest absolute Gasteiger partial charge is 0.474 e. The van der Waals surface area contributed by atoms with Gasteiger partial charge in [0.2, 0.25) is 11.8 Å². The van der Waals surface area contributed by atoms with E-state index in [1.54, 1.807) is 6.20 Å². The van der Waals surface area contributed by atoms with Crippen LogP contribution >= 0.6 is 0 Å². The summed E-state index contributed by atoms with van der Waals surface area (Å²) in [7, 11) is 0. The summed E-state index contributed by atoms with van der Waals surface area (Å²) >= 11 is 0. The molecule has 1 unspecified atom stereocenters. The first-order valence-corrected chi connectivity index (χ1v) is 8.30. The Morgan fingerprint density at radius 1 is 1.32 bits per heavy atom. The molecular formula is C17H24N2O3. The van der Waals surface area contributed by atoms with Gasteiger partial charge in [-0.15, -0.1) is 0 Å². The SMILES string of the molecule is O=C(CC1CCCO1)NCc1cccnc1OC1CCCC1. The molecular weight excluding hydrogens is 280 g/mol. The van der Waals surface area contributed by atoms with Gasteiger partial charge in [-0.2, -0.15) is 0 Å². The molecule has 1 aliphatic carbocycles. The van der Waals surface area contributed by atoms with E-state index in [2.05, 4.69) is 10.3 Å². The number of nitrogens with zero attached hydrogens (tertiary/aromatic N) is 1. The van der Waals surface area contributed by atoms with Crippen molar-refractivity contribution in [3.63, 3.8) is 0 Å². The summed E-state index contributed by atoms with van der Waals surface area (Å²) in [5.41, 5.74) is 0.940. The molecule has 1 amide bonds. The molecule has 0 bridgehead atoms. The number of amides is 1. The van der Waals surface area contributed by atoms with Crippen LogP contribution in [0.2, 0.25) is 0 Å². The zero-order valence-electron chi connectivity index (χ0n) is 12.9. The van der Waals surface area contributed by atoms with Gasteiger partial charge in [-0.05, 0) is 44.6 Å². The van der Waals surface area contributed by atoms with Crippen molar-refractivity contribution >= 4 is 5.91 Å². The lowest BCUT2D eigenvalue weighted by Crippen LogP contribution is -2.27. The average molecular weight is 304 g/mol. The van der Waals surface area contributed by atoms with Crippen LogP contribution < -0.4 is 10.1 Å². The lowest BCUT2D eigenvalue weighted by Gasteiger charge is -2.16. The Labute approximate surface area is 131 Å². The van der Waals surface area contributed by atoms with Gasteiger partial charge < -0.3 is 14.8 Å². The molecule has 1 atom stereocenters. The van der Waals surface area contributed by atoms with Crippen molar-refractivity contribution in [1.29, 1.82) is 0 Å². The molecule has 2 heterocycles. The highest BCUT2D eigenvalue weighted by molar-refractivity contribution is 5.76. The molecule has 1 N–H and O–H groups in total.